The van der Waals surface area contributed by atoms with Gasteiger partial charge in [0.05, 0.1) is 16.3 Å². The number of aryl methyl sites for hydroxylation is 1. The molecule has 2 aromatic carbocycles. The van der Waals surface area contributed by atoms with Gasteiger partial charge in [0, 0.05) is 36.8 Å². The quantitative estimate of drug-likeness (QED) is 0.586. The van der Waals surface area contributed by atoms with Crippen molar-refractivity contribution in [1.29, 1.82) is 0 Å². The summed E-state index contributed by atoms with van der Waals surface area (Å²) < 4.78 is 34.2. The number of carbonyl (C=O) groups is 1. The monoisotopic (exact) mass is 461 g/mol. The smallest absolute Gasteiger partial charge is 0.408 e. The summed E-state index contributed by atoms with van der Waals surface area (Å²) in [7, 11) is -2.27. The number of hydrogen-bond donors (Lipinski definition) is 1. The first-order chi connectivity index (χ1) is 14.8. The predicted octanol–water partition coefficient (Wildman–Crippen LogP) is 2.89. The van der Waals surface area contributed by atoms with Crippen LogP contribution in [0, 0.1) is 5.92 Å². The van der Waals surface area contributed by atoms with E-state index in [2.05, 4.69) is 5.32 Å². The number of thioether (sulfide) groups is 1. The number of piperidine rings is 1. The van der Waals surface area contributed by atoms with Crippen molar-refractivity contribution in [1.82, 2.24) is 8.87 Å². The molecule has 10 heteroatoms. The van der Waals surface area contributed by atoms with Crippen LogP contribution in [-0.2, 0) is 21.9 Å². The number of rotatable bonds is 5. The first-order valence-corrected chi connectivity index (χ1v) is 12.5. The van der Waals surface area contributed by atoms with E-state index in [-0.39, 0.29) is 22.9 Å². The predicted molar refractivity (Wildman–Crippen MR) is 120 cm³/mol. The van der Waals surface area contributed by atoms with E-state index >= 15 is 0 Å². The van der Waals surface area contributed by atoms with Crippen molar-refractivity contribution in [2.45, 2.75) is 22.6 Å². The molecule has 1 N–H and O–H groups in total. The van der Waals surface area contributed by atoms with Crippen LogP contribution in [-0.4, -0.2) is 42.5 Å². The van der Waals surface area contributed by atoms with Gasteiger partial charge in [-0.15, -0.1) is 11.8 Å². The Labute approximate surface area is 184 Å². The molecule has 0 saturated carbocycles. The summed E-state index contributed by atoms with van der Waals surface area (Å²) in [4.78, 5) is 25.6. The first-order valence-electron chi connectivity index (χ1n) is 9.84. The first kappa shape index (κ1) is 21.7. The van der Waals surface area contributed by atoms with E-state index in [1.54, 1.807) is 24.9 Å². The molecule has 1 saturated heterocycles. The lowest BCUT2D eigenvalue weighted by molar-refractivity contribution is -0.120. The van der Waals surface area contributed by atoms with Gasteiger partial charge in [-0.25, -0.2) is 13.2 Å². The minimum Gasteiger partial charge on any atom is -0.408 e. The number of sulfonamides is 1. The van der Waals surface area contributed by atoms with Gasteiger partial charge in [-0.05, 0) is 49.4 Å². The van der Waals surface area contributed by atoms with Gasteiger partial charge in [-0.3, -0.25) is 9.36 Å². The maximum atomic E-state index is 13.2. The van der Waals surface area contributed by atoms with Gasteiger partial charge in [0.25, 0.3) is 0 Å². The van der Waals surface area contributed by atoms with Gasteiger partial charge in [0.2, 0.25) is 15.9 Å². The normalized spacial score (nSPS) is 17.7. The number of amides is 1. The summed E-state index contributed by atoms with van der Waals surface area (Å²) >= 11 is 1.58. The summed E-state index contributed by atoms with van der Waals surface area (Å²) in [6.45, 7) is 0.442. The average molecular weight is 462 g/mol. The van der Waals surface area contributed by atoms with E-state index in [1.807, 2.05) is 30.5 Å². The van der Waals surface area contributed by atoms with E-state index in [4.69, 9.17) is 4.42 Å². The fourth-order valence-corrected chi connectivity index (χ4v) is 5.74. The molecule has 4 rings (SSSR count). The van der Waals surface area contributed by atoms with Gasteiger partial charge >= 0.3 is 5.76 Å². The molecule has 0 radical (unpaired) electrons. The lowest BCUT2D eigenvalue weighted by Crippen LogP contribution is -2.43. The molecule has 0 spiro atoms. The zero-order chi connectivity index (χ0) is 22.2. The van der Waals surface area contributed by atoms with Crippen molar-refractivity contribution in [3.8, 4) is 0 Å². The molecule has 1 amide bonds. The van der Waals surface area contributed by atoms with E-state index in [1.165, 1.54) is 21.0 Å². The molecule has 8 nitrogen and oxygen atoms in total. The Hall–Kier alpha value is -2.56. The van der Waals surface area contributed by atoms with Crippen LogP contribution in [0.5, 0.6) is 0 Å². The minimum absolute atomic E-state index is 0.0445. The van der Waals surface area contributed by atoms with E-state index in [0.717, 1.165) is 4.90 Å². The van der Waals surface area contributed by atoms with Crippen LogP contribution in [0.25, 0.3) is 11.1 Å². The summed E-state index contributed by atoms with van der Waals surface area (Å²) in [5.74, 6) is -1.19. The summed E-state index contributed by atoms with van der Waals surface area (Å²) in [5, 5.41) is 2.91. The zero-order valence-corrected chi connectivity index (χ0v) is 18.8. The number of hydrogen-bond acceptors (Lipinski definition) is 6. The molecule has 1 aliphatic rings. The van der Waals surface area contributed by atoms with E-state index in [0.29, 0.717) is 30.6 Å². The highest BCUT2D eigenvalue weighted by Gasteiger charge is 2.33. The molecule has 1 aliphatic heterocycles. The van der Waals surface area contributed by atoms with Crippen LogP contribution >= 0.6 is 11.8 Å². The summed E-state index contributed by atoms with van der Waals surface area (Å²) in [5.41, 5.74) is 1.43. The molecule has 1 aromatic heterocycles. The Balaban J connectivity index is 1.53. The van der Waals surface area contributed by atoms with Gasteiger partial charge in [-0.2, -0.15) is 4.31 Å². The maximum Gasteiger partial charge on any atom is 0.419 e. The van der Waals surface area contributed by atoms with Crippen LogP contribution in [0.1, 0.15) is 12.8 Å². The minimum atomic E-state index is -3.83. The molecule has 164 valence electrons. The number of nitrogens with one attached hydrogen (secondary N) is 1. The summed E-state index contributed by atoms with van der Waals surface area (Å²) in [6.07, 6.45) is 3.17. The summed E-state index contributed by atoms with van der Waals surface area (Å²) in [6, 6.07) is 11.9. The molecule has 2 heterocycles. The zero-order valence-electron chi connectivity index (χ0n) is 17.2. The van der Waals surface area contributed by atoms with Gasteiger partial charge < -0.3 is 9.73 Å². The number of nitrogens with zero attached hydrogens (tertiary/aromatic N) is 2. The van der Waals surface area contributed by atoms with Crippen molar-refractivity contribution in [2.75, 3.05) is 24.7 Å². The number of fused-ring (bicyclic) bond motifs is 1. The Bertz CT molecular complexity index is 1300. The van der Waals surface area contributed by atoms with Gasteiger partial charge in [-0.1, -0.05) is 6.07 Å². The van der Waals surface area contributed by atoms with Gasteiger partial charge in [0.1, 0.15) is 0 Å². The number of aromatic nitrogens is 1. The van der Waals surface area contributed by atoms with Crippen LogP contribution in [0.4, 0.5) is 5.69 Å². The Morgan fingerprint density at radius 1 is 1.23 bits per heavy atom. The molecule has 31 heavy (non-hydrogen) atoms. The number of oxazole rings is 1. The highest BCUT2D eigenvalue weighted by atomic mass is 32.2. The standard InChI is InChI=1S/C21H23N3O5S2/c1-23-18-9-8-17(12-19(18)29-21(23)26)31(27,28)24-10-4-5-14(13-24)20(25)22-15-6-3-7-16(11-15)30-2/h3,6-9,11-12,14H,4-5,10,13H2,1-2H3,(H,22,25)/t14-/m0/s1. The molecule has 1 atom stereocenters. The Kier molecular flexibility index (Phi) is 5.96. The molecular formula is C21H23N3O5S2. The van der Waals surface area contributed by atoms with Crippen molar-refractivity contribution >= 4 is 44.5 Å². The van der Waals surface area contributed by atoms with Crippen molar-refractivity contribution in [3.63, 3.8) is 0 Å². The number of benzene rings is 2. The van der Waals surface area contributed by atoms with Crippen LogP contribution in [0.3, 0.4) is 0 Å². The Morgan fingerprint density at radius 2 is 2.03 bits per heavy atom. The molecule has 0 unspecified atom stereocenters. The topological polar surface area (TPSA) is 102 Å². The SMILES string of the molecule is CSc1cccc(NC(=O)[C@H]2CCCN(S(=O)(=O)c3ccc4c(c3)oc(=O)n4C)C2)c1. The molecule has 1 fully saturated rings. The second-order valence-electron chi connectivity index (χ2n) is 7.48. The lowest BCUT2D eigenvalue weighted by Gasteiger charge is -2.31. The highest BCUT2D eigenvalue weighted by molar-refractivity contribution is 7.98. The molecular weight excluding hydrogens is 438 g/mol. The van der Waals surface area contributed by atoms with Crippen LogP contribution < -0.4 is 11.1 Å². The molecule has 0 bridgehead atoms. The second kappa shape index (κ2) is 8.52. The number of anilines is 1. The largest absolute Gasteiger partial charge is 0.419 e. The van der Waals surface area contributed by atoms with Crippen molar-refractivity contribution in [3.05, 3.63) is 53.0 Å². The third-order valence-electron chi connectivity index (χ3n) is 5.49. The second-order valence-corrected chi connectivity index (χ2v) is 10.3. The van der Waals surface area contributed by atoms with E-state index < -0.39 is 21.7 Å². The molecule has 0 aliphatic carbocycles. The highest BCUT2D eigenvalue weighted by Crippen LogP contribution is 2.27. The fraction of sp³-hybridized carbons (Fsp3) is 0.333. The van der Waals surface area contributed by atoms with Crippen LogP contribution in [0.2, 0.25) is 0 Å². The lowest BCUT2D eigenvalue weighted by atomic mass is 9.99. The third-order valence-corrected chi connectivity index (χ3v) is 8.08. The van der Waals surface area contributed by atoms with Crippen molar-refractivity contribution in [2.24, 2.45) is 13.0 Å². The Morgan fingerprint density at radius 3 is 2.81 bits per heavy atom. The molecule has 3 aromatic rings. The average Bonchev–Trinajstić information content (AvgIpc) is 3.07. The van der Waals surface area contributed by atoms with Crippen molar-refractivity contribution < 1.29 is 17.6 Å². The fourth-order valence-electron chi connectivity index (χ4n) is 3.74. The maximum absolute atomic E-state index is 13.2. The third kappa shape index (κ3) is 4.28. The number of carbonyl (C=O) groups excluding carboxylic acids is 1. The van der Waals surface area contributed by atoms with Crippen LogP contribution in [0.15, 0.2) is 61.5 Å². The van der Waals surface area contributed by atoms with Gasteiger partial charge in [0.15, 0.2) is 5.58 Å². The van der Waals surface area contributed by atoms with E-state index in [9.17, 15) is 18.0 Å².